The van der Waals surface area contributed by atoms with Crippen LogP contribution in [0.3, 0.4) is 0 Å². The van der Waals surface area contributed by atoms with Gasteiger partial charge in [0.05, 0.1) is 11.0 Å². The van der Waals surface area contributed by atoms with Crippen molar-refractivity contribution >= 4 is 95.5 Å². The number of hydrogen-bond acceptors (Lipinski definition) is 2. The predicted octanol–water partition coefficient (Wildman–Crippen LogP) is 16.1. The maximum Gasteiger partial charge on any atom is 0.332 e. The molecule has 11 aromatic carbocycles. The number of rotatable bonds is 10. The lowest BCUT2D eigenvalue weighted by atomic mass is 9.48. The molecule has 0 saturated heterocycles. The minimum atomic E-state index is -0.190. The molecular formula is C67H47BN4. The lowest BCUT2D eigenvalue weighted by Gasteiger charge is -2.31. The maximum absolute atomic E-state index is 2.66. The summed E-state index contributed by atoms with van der Waals surface area (Å²) in [7, 11) is 0. The van der Waals surface area contributed by atoms with E-state index in [0.717, 1.165) is 40.5 Å². The molecule has 0 amide bonds. The van der Waals surface area contributed by atoms with E-state index in [-0.39, 0.29) is 6.85 Å². The number of nitrogens with zero attached hydrogens (tertiary/aromatic N) is 4. The van der Waals surface area contributed by atoms with Gasteiger partial charge in [-0.1, -0.05) is 170 Å². The Labute approximate surface area is 419 Å². The average Bonchev–Trinajstić information content (AvgIpc) is 3.95. The number of benzene rings is 11. The predicted molar refractivity (Wildman–Crippen MR) is 305 cm³/mol. The molecule has 0 aliphatic carbocycles. The van der Waals surface area contributed by atoms with Gasteiger partial charge in [0.15, 0.2) is 0 Å². The van der Waals surface area contributed by atoms with Gasteiger partial charge in [-0.15, -0.1) is 0 Å². The van der Waals surface area contributed by atoms with Crippen molar-refractivity contribution in [3.63, 3.8) is 0 Å². The number of anilines is 6. The molecule has 72 heavy (non-hydrogen) atoms. The van der Waals surface area contributed by atoms with E-state index in [1.165, 1.54) is 82.5 Å². The molecule has 2 aromatic heterocycles. The first-order chi connectivity index (χ1) is 35.7. The van der Waals surface area contributed by atoms with Crippen molar-refractivity contribution < 1.29 is 0 Å². The molecule has 5 heteroatoms. The quantitative estimate of drug-likeness (QED) is 0.127. The van der Waals surface area contributed by atoms with E-state index in [9.17, 15) is 0 Å². The van der Waals surface area contributed by atoms with E-state index in [2.05, 4.69) is 292 Å². The van der Waals surface area contributed by atoms with E-state index in [1.807, 2.05) is 0 Å². The first kappa shape index (κ1) is 41.6. The molecule has 3 heterocycles. The lowest BCUT2D eigenvalue weighted by molar-refractivity contribution is 1.17. The third-order valence-electron chi connectivity index (χ3n) is 14.7. The third-order valence-corrected chi connectivity index (χ3v) is 14.7. The van der Waals surface area contributed by atoms with Crippen LogP contribution in [0.5, 0.6) is 0 Å². The standard InChI is InChI=1S/C67H47BN4/c1-7-21-47(22-8-1)41-48-35-39-64-58(42-48)57-38-36-50(49-23-9-2-10-24-49)43-66(57)72(64)68-61-33-19-20-34-65(61)71-63-40-37-55(69(51-25-11-3-12-26-51)52-27-13-4-14-28-52)44-59(63)60-45-56(46-62(68)67(60)71)70(53-29-15-5-16-30-53)54-31-17-6-18-32-54/h1-40,42-46H,41H2. The second-order valence-electron chi connectivity index (χ2n) is 18.9. The normalized spacial score (nSPS) is 11.9. The fourth-order valence-corrected chi connectivity index (χ4v) is 11.6. The minimum Gasteiger partial charge on any atom is -0.376 e. The number of aromatic nitrogens is 2. The largest absolute Gasteiger partial charge is 0.376 e. The van der Waals surface area contributed by atoms with E-state index in [4.69, 9.17) is 0 Å². The molecule has 0 fully saturated rings. The highest BCUT2D eigenvalue weighted by Gasteiger charge is 2.37. The molecule has 1 aliphatic rings. The zero-order chi connectivity index (χ0) is 47.5. The molecule has 4 nitrogen and oxygen atoms in total. The second-order valence-corrected chi connectivity index (χ2v) is 18.9. The highest BCUT2D eigenvalue weighted by molar-refractivity contribution is 6.88. The van der Waals surface area contributed by atoms with E-state index < -0.39 is 0 Å². The van der Waals surface area contributed by atoms with Crippen molar-refractivity contribution in [3.8, 4) is 16.8 Å². The third kappa shape index (κ3) is 6.92. The molecule has 338 valence electrons. The Morgan fingerprint density at radius 1 is 0.306 bits per heavy atom. The van der Waals surface area contributed by atoms with Crippen molar-refractivity contribution in [2.45, 2.75) is 6.42 Å². The van der Waals surface area contributed by atoms with Crippen LogP contribution in [0.2, 0.25) is 0 Å². The van der Waals surface area contributed by atoms with Crippen LogP contribution in [0.4, 0.5) is 34.1 Å². The molecule has 0 spiro atoms. The maximum atomic E-state index is 2.66. The molecule has 0 bridgehead atoms. The van der Waals surface area contributed by atoms with Crippen LogP contribution in [-0.4, -0.2) is 15.9 Å². The summed E-state index contributed by atoms with van der Waals surface area (Å²) in [5.41, 5.74) is 20.1. The van der Waals surface area contributed by atoms with Gasteiger partial charge in [0.25, 0.3) is 0 Å². The Morgan fingerprint density at radius 3 is 1.47 bits per heavy atom. The van der Waals surface area contributed by atoms with Gasteiger partial charge >= 0.3 is 6.85 Å². The molecule has 13 aromatic rings. The molecule has 0 saturated carbocycles. The van der Waals surface area contributed by atoms with Crippen molar-refractivity contribution in [3.05, 3.63) is 284 Å². The van der Waals surface area contributed by atoms with Gasteiger partial charge in [0.2, 0.25) is 0 Å². The van der Waals surface area contributed by atoms with Gasteiger partial charge in [-0.2, -0.15) is 0 Å². The zero-order valence-corrected chi connectivity index (χ0v) is 39.6. The second kappa shape index (κ2) is 17.3. The zero-order valence-electron chi connectivity index (χ0n) is 39.6. The van der Waals surface area contributed by atoms with Gasteiger partial charge in [-0.3, -0.25) is 0 Å². The van der Waals surface area contributed by atoms with Crippen molar-refractivity contribution in [1.29, 1.82) is 0 Å². The van der Waals surface area contributed by atoms with Crippen LogP contribution in [0, 0.1) is 0 Å². The van der Waals surface area contributed by atoms with E-state index in [1.54, 1.807) is 0 Å². The molecule has 0 atom stereocenters. The Morgan fingerprint density at radius 2 is 0.833 bits per heavy atom. The minimum absolute atomic E-state index is 0.190. The van der Waals surface area contributed by atoms with Crippen LogP contribution >= 0.6 is 0 Å². The SMILES string of the molecule is c1ccc(Cc2ccc3c(c2)c2ccc(-c4ccccc4)cc2n3B2c3ccccc3-n3c4ccc(N(c5ccccc5)c5ccccc5)cc4c4cc(N(c5ccccc5)c5ccccc5)cc2c43)cc1. The molecule has 1 aliphatic heterocycles. The summed E-state index contributed by atoms with van der Waals surface area (Å²) in [5, 5.41) is 4.90. The number of hydrogen-bond donors (Lipinski definition) is 0. The number of para-hydroxylation sites is 5. The fourth-order valence-electron chi connectivity index (χ4n) is 11.6. The lowest BCUT2D eigenvalue weighted by Crippen LogP contribution is -2.53. The van der Waals surface area contributed by atoms with Crippen LogP contribution in [-0.2, 0) is 6.42 Å². The van der Waals surface area contributed by atoms with Gasteiger partial charge in [-0.05, 0) is 143 Å². The summed E-state index contributed by atoms with van der Waals surface area (Å²) in [6.07, 6.45) is 0.864. The van der Waals surface area contributed by atoms with Crippen LogP contribution < -0.4 is 20.7 Å². The van der Waals surface area contributed by atoms with Gasteiger partial charge in [0.1, 0.15) is 0 Å². The summed E-state index contributed by atoms with van der Waals surface area (Å²) >= 11 is 0. The average molecular weight is 919 g/mol. The summed E-state index contributed by atoms with van der Waals surface area (Å²) in [4.78, 5) is 4.80. The Balaban J connectivity index is 1.09. The van der Waals surface area contributed by atoms with Crippen LogP contribution in [0.1, 0.15) is 11.1 Å². The molecule has 14 rings (SSSR count). The number of fused-ring (bicyclic) bond motifs is 8. The summed E-state index contributed by atoms with van der Waals surface area (Å²) in [5.74, 6) is 0. The Hall–Kier alpha value is -9.32. The van der Waals surface area contributed by atoms with Crippen molar-refractivity contribution in [1.82, 2.24) is 9.05 Å². The smallest absolute Gasteiger partial charge is 0.332 e. The van der Waals surface area contributed by atoms with Crippen molar-refractivity contribution in [2.75, 3.05) is 9.80 Å². The Kier molecular flexibility index (Phi) is 9.99. The van der Waals surface area contributed by atoms with Crippen LogP contribution in [0.25, 0.3) is 60.4 Å². The molecular weight excluding hydrogens is 872 g/mol. The summed E-state index contributed by atoms with van der Waals surface area (Å²) in [6.45, 7) is -0.190. The van der Waals surface area contributed by atoms with E-state index >= 15 is 0 Å². The van der Waals surface area contributed by atoms with Gasteiger partial charge in [-0.25, -0.2) is 0 Å². The topological polar surface area (TPSA) is 16.3 Å². The van der Waals surface area contributed by atoms with Gasteiger partial charge in [0, 0.05) is 72.4 Å². The van der Waals surface area contributed by atoms with Crippen molar-refractivity contribution in [2.24, 2.45) is 0 Å². The van der Waals surface area contributed by atoms with Crippen LogP contribution in [0.15, 0.2) is 273 Å². The summed E-state index contributed by atoms with van der Waals surface area (Å²) < 4.78 is 5.21. The molecule has 0 unspecified atom stereocenters. The highest BCUT2D eigenvalue weighted by atomic mass is 15.2. The van der Waals surface area contributed by atoms with E-state index in [0.29, 0.717) is 0 Å². The summed E-state index contributed by atoms with van der Waals surface area (Å²) in [6, 6.07) is 100. The monoisotopic (exact) mass is 918 g/mol. The molecule has 0 N–H and O–H groups in total. The van der Waals surface area contributed by atoms with Gasteiger partial charge < -0.3 is 18.8 Å². The first-order valence-electron chi connectivity index (χ1n) is 24.9. The highest BCUT2D eigenvalue weighted by Crippen LogP contribution is 2.44. The first-order valence-corrected chi connectivity index (χ1v) is 24.9. The molecule has 0 radical (unpaired) electrons. The fraction of sp³-hybridized carbons (Fsp3) is 0.0149. The Bertz CT molecular complexity index is 4040.